The average molecular weight is 348 g/mol. The van der Waals surface area contributed by atoms with Crippen molar-refractivity contribution in [2.75, 3.05) is 19.6 Å². The first kappa shape index (κ1) is 17.8. The minimum Gasteiger partial charge on any atom is -0.462 e. The number of carbonyl (C=O) groups is 1. The largest absolute Gasteiger partial charge is 0.462 e. The number of nitrogens with zero attached hydrogens (tertiary/aromatic N) is 1. The summed E-state index contributed by atoms with van der Waals surface area (Å²) in [5.74, 6) is 4.11. The van der Waals surface area contributed by atoms with E-state index >= 15 is 0 Å². The van der Waals surface area contributed by atoms with Gasteiger partial charge >= 0.3 is 5.97 Å². The molecular weight excluding hydrogens is 310 g/mol. The minimum absolute atomic E-state index is 0.122. The average Bonchev–Trinajstić information content (AvgIpc) is 2.88. The number of rotatable bonds is 4. The molecule has 7 atom stereocenters. The smallest absolute Gasteiger partial charge is 0.309 e. The van der Waals surface area contributed by atoms with E-state index in [1.165, 1.54) is 71.0 Å². The first-order chi connectivity index (χ1) is 12.1. The summed E-state index contributed by atoms with van der Waals surface area (Å²) in [7, 11) is 0. The second kappa shape index (κ2) is 7.58. The van der Waals surface area contributed by atoms with Gasteiger partial charge in [0.1, 0.15) is 6.10 Å². The van der Waals surface area contributed by atoms with E-state index in [0.717, 1.165) is 30.1 Å². The highest BCUT2D eigenvalue weighted by Gasteiger charge is 2.54. The van der Waals surface area contributed by atoms with Crippen molar-refractivity contribution < 1.29 is 9.53 Å². The maximum Gasteiger partial charge on any atom is 0.309 e. The number of hydrogen-bond donors (Lipinski definition) is 0. The number of fused-ring (bicyclic) bond motifs is 2. The molecule has 0 N–H and O–H groups in total. The van der Waals surface area contributed by atoms with Crippen LogP contribution in [0.25, 0.3) is 0 Å². The van der Waals surface area contributed by atoms with Crippen molar-refractivity contribution in [2.45, 2.75) is 77.7 Å². The highest BCUT2D eigenvalue weighted by atomic mass is 16.6. The summed E-state index contributed by atoms with van der Waals surface area (Å²) in [6.07, 6.45) is 12.2. The van der Waals surface area contributed by atoms with Crippen molar-refractivity contribution in [2.24, 2.45) is 35.5 Å². The molecule has 2 aliphatic heterocycles. The van der Waals surface area contributed by atoms with Gasteiger partial charge < -0.3 is 9.64 Å². The van der Waals surface area contributed by atoms with Crippen molar-refractivity contribution in [1.29, 1.82) is 0 Å². The van der Waals surface area contributed by atoms with Crippen LogP contribution in [0.1, 0.15) is 71.6 Å². The molecule has 4 rings (SSSR count). The van der Waals surface area contributed by atoms with Crippen LogP contribution in [-0.4, -0.2) is 36.6 Å². The number of hydrogen-bond acceptors (Lipinski definition) is 3. The Labute approximate surface area is 153 Å². The summed E-state index contributed by atoms with van der Waals surface area (Å²) >= 11 is 0. The molecule has 142 valence electrons. The number of piperidine rings is 1. The van der Waals surface area contributed by atoms with Crippen LogP contribution in [0.4, 0.5) is 0 Å². The summed E-state index contributed by atoms with van der Waals surface area (Å²) in [5, 5.41) is 0. The van der Waals surface area contributed by atoms with E-state index in [1.54, 1.807) is 0 Å². The van der Waals surface area contributed by atoms with E-state index in [1.807, 2.05) is 0 Å². The third-order valence-corrected chi connectivity index (χ3v) is 7.93. The maximum atomic E-state index is 12.4. The van der Waals surface area contributed by atoms with Crippen molar-refractivity contribution >= 4 is 5.97 Å². The standard InChI is InChI=1S/C22H37NO2/c1-15-7-5-11-23(14-15)12-6-10-19-18-9-4-3-8-17(18)13-20-21(19)16(2)25-22(20)24/h15-21H,3-14H2,1-2H3/t15?,16-,17+,18-,19+,20-,21+/m0/s1. The van der Waals surface area contributed by atoms with Gasteiger partial charge in [-0.15, -0.1) is 0 Å². The molecule has 3 nitrogen and oxygen atoms in total. The number of carbonyl (C=O) groups excluding carboxylic acids is 1. The Balaban J connectivity index is 1.40. The second-order valence-electron chi connectivity index (χ2n) is 9.62. The monoisotopic (exact) mass is 347 g/mol. The van der Waals surface area contributed by atoms with E-state index in [2.05, 4.69) is 18.7 Å². The Morgan fingerprint density at radius 2 is 1.96 bits per heavy atom. The highest BCUT2D eigenvalue weighted by Crippen LogP contribution is 2.54. The van der Waals surface area contributed by atoms with Gasteiger partial charge in [0.25, 0.3) is 0 Å². The van der Waals surface area contributed by atoms with Gasteiger partial charge in [-0.2, -0.15) is 0 Å². The van der Waals surface area contributed by atoms with E-state index in [9.17, 15) is 4.79 Å². The van der Waals surface area contributed by atoms with E-state index in [-0.39, 0.29) is 18.0 Å². The number of likely N-dealkylation sites (tertiary alicyclic amines) is 1. The maximum absolute atomic E-state index is 12.4. The zero-order valence-electron chi connectivity index (χ0n) is 16.3. The molecule has 4 fully saturated rings. The zero-order valence-corrected chi connectivity index (χ0v) is 16.3. The molecule has 2 heterocycles. The van der Waals surface area contributed by atoms with Gasteiger partial charge in [-0.25, -0.2) is 0 Å². The van der Waals surface area contributed by atoms with Gasteiger partial charge in [-0.1, -0.05) is 26.2 Å². The lowest BCUT2D eigenvalue weighted by Gasteiger charge is -2.47. The number of cyclic esters (lactones) is 1. The van der Waals surface area contributed by atoms with Crippen LogP contribution in [0.5, 0.6) is 0 Å². The van der Waals surface area contributed by atoms with Crippen LogP contribution in [0, 0.1) is 35.5 Å². The zero-order chi connectivity index (χ0) is 17.4. The fraction of sp³-hybridized carbons (Fsp3) is 0.955. The fourth-order valence-electron chi connectivity index (χ4n) is 6.88. The lowest BCUT2D eigenvalue weighted by atomic mass is 9.56. The topological polar surface area (TPSA) is 29.5 Å². The Kier molecular flexibility index (Phi) is 5.41. The normalized spacial score (nSPS) is 44.9. The minimum atomic E-state index is 0.122. The molecule has 0 radical (unpaired) electrons. The lowest BCUT2D eigenvalue weighted by Crippen LogP contribution is -2.44. The molecule has 0 bridgehead atoms. The van der Waals surface area contributed by atoms with Crippen molar-refractivity contribution in [3.8, 4) is 0 Å². The van der Waals surface area contributed by atoms with Gasteiger partial charge in [-0.3, -0.25) is 4.79 Å². The summed E-state index contributed by atoms with van der Waals surface area (Å²) in [6, 6.07) is 0. The Morgan fingerprint density at radius 3 is 2.80 bits per heavy atom. The Morgan fingerprint density at radius 1 is 1.12 bits per heavy atom. The van der Waals surface area contributed by atoms with Gasteiger partial charge in [0.15, 0.2) is 0 Å². The van der Waals surface area contributed by atoms with Gasteiger partial charge in [0, 0.05) is 12.5 Å². The molecule has 4 aliphatic rings. The molecule has 0 amide bonds. The van der Waals surface area contributed by atoms with Crippen molar-refractivity contribution in [3.63, 3.8) is 0 Å². The summed E-state index contributed by atoms with van der Waals surface area (Å²) in [6.45, 7) is 8.41. The van der Waals surface area contributed by atoms with Crippen LogP contribution >= 0.6 is 0 Å². The first-order valence-electron chi connectivity index (χ1n) is 11.1. The molecule has 3 heteroatoms. The molecule has 1 unspecified atom stereocenters. The molecule has 2 saturated heterocycles. The molecule has 0 aromatic carbocycles. The fourth-order valence-corrected chi connectivity index (χ4v) is 6.88. The SMILES string of the molecule is CC1CCCN(CCC[C@@H]2[C@H]3CCCC[C@@H]3C[C@@H]3C(=O)O[C@@H](C)[C@H]23)C1. The van der Waals surface area contributed by atoms with Crippen LogP contribution < -0.4 is 0 Å². The highest BCUT2D eigenvalue weighted by molar-refractivity contribution is 5.75. The molecule has 0 spiro atoms. The summed E-state index contributed by atoms with van der Waals surface area (Å²) < 4.78 is 5.71. The van der Waals surface area contributed by atoms with Crippen LogP contribution in [0.15, 0.2) is 0 Å². The Bertz CT molecular complexity index is 479. The summed E-state index contributed by atoms with van der Waals surface area (Å²) in [5.41, 5.74) is 0. The van der Waals surface area contributed by atoms with Gasteiger partial charge in [-0.05, 0) is 82.2 Å². The predicted molar refractivity (Wildman–Crippen MR) is 100 cm³/mol. The van der Waals surface area contributed by atoms with Crippen LogP contribution in [-0.2, 0) is 9.53 Å². The lowest BCUT2D eigenvalue weighted by molar-refractivity contribution is -0.144. The molecule has 2 aliphatic carbocycles. The summed E-state index contributed by atoms with van der Waals surface area (Å²) in [4.78, 5) is 15.1. The molecule has 0 aromatic heterocycles. The quantitative estimate of drug-likeness (QED) is 0.701. The number of esters is 1. The number of ether oxygens (including phenoxy) is 1. The molecule has 25 heavy (non-hydrogen) atoms. The van der Waals surface area contributed by atoms with Crippen LogP contribution in [0.2, 0.25) is 0 Å². The van der Waals surface area contributed by atoms with Crippen molar-refractivity contribution in [1.82, 2.24) is 4.90 Å². The molecule has 2 saturated carbocycles. The van der Waals surface area contributed by atoms with E-state index < -0.39 is 0 Å². The first-order valence-corrected chi connectivity index (χ1v) is 11.1. The predicted octanol–water partition coefficient (Wildman–Crippen LogP) is 4.50. The molecular formula is C22H37NO2. The molecule has 0 aromatic rings. The van der Waals surface area contributed by atoms with Gasteiger partial charge in [0.05, 0.1) is 5.92 Å². The van der Waals surface area contributed by atoms with E-state index in [0.29, 0.717) is 5.92 Å². The third-order valence-electron chi connectivity index (χ3n) is 7.93. The third kappa shape index (κ3) is 3.63. The van der Waals surface area contributed by atoms with E-state index in [4.69, 9.17) is 4.74 Å². The van der Waals surface area contributed by atoms with Crippen LogP contribution in [0.3, 0.4) is 0 Å². The Hall–Kier alpha value is -0.570. The van der Waals surface area contributed by atoms with Gasteiger partial charge in [0.2, 0.25) is 0 Å². The second-order valence-corrected chi connectivity index (χ2v) is 9.62. The van der Waals surface area contributed by atoms with Crippen molar-refractivity contribution in [3.05, 3.63) is 0 Å².